The van der Waals surface area contributed by atoms with Gasteiger partial charge in [0.15, 0.2) is 0 Å². The topological polar surface area (TPSA) is 67.9 Å². The Morgan fingerprint density at radius 1 is 0.882 bits per heavy atom. The summed E-state index contributed by atoms with van der Waals surface area (Å²) in [5.41, 5.74) is 1.82. The van der Waals surface area contributed by atoms with Gasteiger partial charge in [-0.3, -0.25) is 9.59 Å². The van der Waals surface area contributed by atoms with Crippen LogP contribution in [0.25, 0.3) is 5.57 Å². The van der Waals surface area contributed by atoms with Crippen molar-refractivity contribution in [3.05, 3.63) is 89.6 Å². The van der Waals surface area contributed by atoms with Crippen molar-refractivity contribution in [1.29, 1.82) is 0 Å². The van der Waals surface area contributed by atoms with Crippen LogP contribution in [0.3, 0.4) is 0 Å². The SMILES string of the molecule is COc1ccc(C)cc1NC1=C(c2ccccc2)C(=O)N(c2cccc(OC(F)(F)F)c2)C1=O. The van der Waals surface area contributed by atoms with E-state index in [0.29, 0.717) is 17.0 Å². The van der Waals surface area contributed by atoms with Crippen molar-refractivity contribution in [3.8, 4) is 11.5 Å². The quantitative estimate of drug-likeness (QED) is 0.498. The van der Waals surface area contributed by atoms with Gasteiger partial charge < -0.3 is 14.8 Å². The third-order valence-electron chi connectivity index (χ3n) is 5.07. The molecule has 0 saturated heterocycles. The van der Waals surface area contributed by atoms with Crippen LogP contribution in [0, 0.1) is 6.92 Å². The number of nitrogens with zero attached hydrogens (tertiary/aromatic N) is 1. The summed E-state index contributed by atoms with van der Waals surface area (Å²) in [6.07, 6.45) is -4.92. The first-order valence-electron chi connectivity index (χ1n) is 10.1. The molecule has 0 aliphatic carbocycles. The number of halogens is 3. The largest absolute Gasteiger partial charge is 0.573 e. The van der Waals surface area contributed by atoms with Crippen LogP contribution in [0.5, 0.6) is 11.5 Å². The first kappa shape index (κ1) is 22.9. The smallest absolute Gasteiger partial charge is 0.495 e. The summed E-state index contributed by atoms with van der Waals surface area (Å²) in [6.45, 7) is 1.86. The standard InChI is InChI=1S/C25H19F3N2O4/c1-15-11-12-20(33-2)19(13-15)29-22-21(16-7-4-3-5-8-16)23(31)30(24(22)32)17-9-6-10-18(14-17)34-25(26,27)28/h3-14,29H,1-2H3. The Morgan fingerprint density at radius 2 is 1.62 bits per heavy atom. The molecule has 6 nitrogen and oxygen atoms in total. The Kier molecular flexibility index (Phi) is 6.02. The van der Waals surface area contributed by atoms with Crippen molar-refractivity contribution in [2.75, 3.05) is 17.3 Å². The summed E-state index contributed by atoms with van der Waals surface area (Å²) in [4.78, 5) is 27.7. The van der Waals surface area contributed by atoms with Gasteiger partial charge in [0.1, 0.15) is 17.2 Å². The van der Waals surface area contributed by atoms with Crippen LogP contribution in [0.2, 0.25) is 0 Å². The molecule has 1 heterocycles. The van der Waals surface area contributed by atoms with Gasteiger partial charge >= 0.3 is 6.36 Å². The van der Waals surface area contributed by atoms with E-state index in [0.717, 1.165) is 22.6 Å². The zero-order valence-electron chi connectivity index (χ0n) is 18.1. The van der Waals surface area contributed by atoms with Crippen molar-refractivity contribution in [2.24, 2.45) is 0 Å². The Morgan fingerprint density at radius 3 is 2.29 bits per heavy atom. The molecular weight excluding hydrogens is 449 g/mol. The monoisotopic (exact) mass is 468 g/mol. The molecule has 0 radical (unpaired) electrons. The molecule has 4 rings (SSSR count). The molecular formula is C25H19F3N2O4. The summed E-state index contributed by atoms with van der Waals surface area (Å²) in [5.74, 6) is -1.51. The number of hydrogen-bond donors (Lipinski definition) is 1. The number of amides is 2. The minimum absolute atomic E-state index is 0.0257. The van der Waals surface area contributed by atoms with E-state index < -0.39 is 23.9 Å². The predicted molar refractivity (Wildman–Crippen MR) is 120 cm³/mol. The van der Waals surface area contributed by atoms with E-state index in [-0.39, 0.29) is 17.0 Å². The van der Waals surface area contributed by atoms with Crippen LogP contribution in [0.4, 0.5) is 24.5 Å². The number of benzene rings is 3. The van der Waals surface area contributed by atoms with E-state index in [1.807, 2.05) is 13.0 Å². The predicted octanol–water partition coefficient (Wildman–Crippen LogP) is 5.30. The van der Waals surface area contributed by atoms with Crippen LogP contribution in [-0.2, 0) is 9.59 Å². The van der Waals surface area contributed by atoms with Crippen LogP contribution in [-0.4, -0.2) is 25.3 Å². The number of ether oxygens (including phenoxy) is 2. The number of hydrogen-bond acceptors (Lipinski definition) is 5. The molecule has 0 spiro atoms. The van der Waals surface area contributed by atoms with Crippen molar-refractivity contribution >= 4 is 28.8 Å². The highest BCUT2D eigenvalue weighted by Gasteiger charge is 2.41. The second-order valence-electron chi connectivity index (χ2n) is 7.44. The molecule has 0 bridgehead atoms. The highest BCUT2D eigenvalue weighted by Crippen LogP contribution is 2.37. The lowest BCUT2D eigenvalue weighted by molar-refractivity contribution is -0.274. The number of aryl methyl sites for hydroxylation is 1. The molecule has 0 aromatic heterocycles. The van der Waals surface area contributed by atoms with Crippen LogP contribution >= 0.6 is 0 Å². The molecule has 1 N–H and O–H groups in total. The fourth-order valence-corrected chi connectivity index (χ4v) is 3.63. The van der Waals surface area contributed by atoms with Crippen LogP contribution < -0.4 is 19.7 Å². The molecule has 0 atom stereocenters. The van der Waals surface area contributed by atoms with Gasteiger partial charge in [-0.1, -0.05) is 42.5 Å². The number of rotatable bonds is 6. The first-order chi connectivity index (χ1) is 16.2. The Balaban J connectivity index is 1.80. The van der Waals surface area contributed by atoms with E-state index in [1.165, 1.54) is 19.2 Å². The number of carbonyl (C=O) groups excluding carboxylic acids is 2. The lowest BCUT2D eigenvalue weighted by Gasteiger charge is -2.17. The molecule has 1 aliphatic heterocycles. The Bertz CT molecular complexity index is 1290. The van der Waals surface area contributed by atoms with E-state index in [1.54, 1.807) is 42.5 Å². The molecule has 2 amide bonds. The zero-order chi connectivity index (χ0) is 24.5. The maximum absolute atomic E-state index is 13.5. The molecule has 0 fully saturated rings. The lowest BCUT2D eigenvalue weighted by atomic mass is 10.0. The van der Waals surface area contributed by atoms with E-state index >= 15 is 0 Å². The van der Waals surface area contributed by atoms with Gasteiger partial charge in [-0.2, -0.15) is 0 Å². The fourth-order valence-electron chi connectivity index (χ4n) is 3.63. The summed E-state index contributed by atoms with van der Waals surface area (Å²) in [7, 11) is 1.47. The van der Waals surface area contributed by atoms with Gasteiger partial charge in [-0.05, 0) is 42.3 Å². The zero-order valence-corrected chi connectivity index (χ0v) is 18.1. The minimum Gasteiger partial charge on any atom is -0.495 e. The molecule has 1 aliphatic rings. The van der Waals surface area contributed by atoms with Gasteiger partial charge in [0.25, 0.3) is 11.8 Å². The number of alkyl halides is 3. The number of imide groups is 1. The Hall–Kier alpha value is -4.27. The molecule has 0 saturated carbocycles. The van der Waals surface area contributed by atoms with E-state index in [9.17, 15) is 22.8 Å². The highest BCUT2D eigenvalue weighted by atomic mass is 19.4. The van der Waals surface area contributed by atoms with Crippen molar-refractivity contribution < 1.29 is 32.2 Å². The minimum atomic E-state index is -4.92. The third kappa shape index (κ3) is 4.59. The third-order valence-corrected chi connectivity index (χ3v) is 5.07. The first-order valence-corrected chi connectivity index (χ1v) is 10.1. The normalized spacial score (nSPS) is 14.0. The van der Waals surface area contributed by atoms with Crippen LogP contribution in [0.15, 0.2) is 78.5 Å². The average molecular weight is 468 g/mol. The molecule has 3 aromatic carbocycles. The second-order valence-corrected chi connectivity index (χ2v) is 7.44. The summed E-state index contributed by atoms with van der Waals surface area (Å²) in [6, 6.07) is 18.5. The maximum Gasteiger partial charge on any atom is 0.573 e. The van der Waals surface area contributed by atoms with Crippen LogP contribution in [0.1, 0.15) is 11.1 Å². The van der Waals surface area contributed by atoms with Crippen molar-refractivity contribution in [3.63, 3.8) is 0 Å². The molecule has 0 unspecified atom stereocenters. The summed E-state index contributed by atoms with van der Waals surface area (Å²) in [5, 5.41) is 3.01. The molecule has 34 heavy (non-hydrogen) atoms. The average Bonchev–Trinajstić information content (AvgIpc) is 3.03. The maximum atomic E-state index is 13.5. The highest BCUT2D eigenvalue weighted by molar-refractivity contribution is 6.46. The molecule has 3 aromatic rings. The summed E-state index contributed by atoms with van der Waals surface area (Å²) < 4.78 is 47.4. The number of nitrogens with one attached hydrogen (secondary N) is 1. The van der Waals surface area contributed by atoms with E-state index in [4.69, 9.17) is 4.74 Å². The number of anilines is 2. The number of carbonyl (C=O) groups is 2. The van der Waals surface area contributed by atoms with Gasteiger partial charge in [0, 0.05) is 6.07 Å². The fraction of sp³-hybridized carbons (Fsp3) is 0.120. The Labute approximate surface area is 193 Å². The van der Waals surface area contributed by atoms with Crippen molar-refractivity contribution in [2.45, 2.75) is 13.3 Å². The molecule has 9 heteroatoms. The lowest BCUT2D eigenvalue weighted by Crippen LogP contribution is -2.32. The molecule has 174 valence electrons. The van der Waals surface area contributed by atoms with Gasteiger partial charge in [-0.25, -0.2) is 4.90 Å². The second kappa shape index (κ2) is 8.93. The number of methoxy groups -OCH3 is 1. The van der Waals surface area contributed by atoms with Crippen molar-refractivity contribution in [1.82, 2.24) is 0 Å². The van der Waals surface area contributed by atoms with Gasteiger partial charge in [0.05, 0.1) is 24.1 Å². The van der Waals surface area contributed by atoms with Gasteiger partial charge in [-0.15, -0.1) is 13.2 Å². The summed E-state index contributed by atoms with van der Waals surface area (Å²) >= 11 is 0. The van der Waals surface area contributed by atoms with Gasteiger partial charge in [0.2, 0.25) is 0 Å². The van der Waals surface area contributed by atoms with E-state index in [2.05, 4.69) is 10.1 Å².